The third-order valence-corrected chi connectivity index (χ3v) is 5.19. The normalized spacial score (nSPS) is 16.8. The van der Waals surface area contributed by atoms with Gasteiger partial charge in [0.15, 0.2) is 0 Å². The number of nitrogens with zero attached hydrogens (tertiary/aromatic N) is 1. The summed E-state index contributed by atoms with van der Waals surface area (Å²) in [6, 6.07) is 15.7. The van der Waals surface area contributed by atoms with Gasteiger partial charge < -0.3 is 20.1 Å². The van der Waals surface area contributed by atoms with Crippen LogP contribution in [-0.4, -0.2) is 57.2 Å². The molecule has 0 unspecified atom stereocenters. The Labute approximate surface area is 179 Å². The Morgan fingerprint density at radius 1 is 1.07 bits per heavy atom. The predicted molar refractivity (Wildman–Crippen MR) is 117 cm³/mol. The summed E-state index contributed by atoms with van der Waals surface area (Å²) >= 11 is 0. The molecule has 3 rings (SSSR count). The van der Waals surface area contributed by atoms with Crippen LogP contribution in [0.4, 0.5) is 0 Å². The smallest absolute Gasteiger partial charge is 0.234 e. The number of carbonyl (C=O) groups excluding carboxylic acids is 1. The van der Waals surface area contributed by atoms with Gasteiger partial charge in [-0.3, -0.25) is 9.69 Å². The summed E-state index contributed by atoms with van der Waals surface area (Å²) in [6.07, 6.45) is 0. The predicted octanol–water partition coefficient (Wildman–Crippen LogP) is 2.62. The van der Waals surface area contributed by atoms with Gasteiger partial charge in [0.2, 0.25) is 5.91 Å². The maximum Gasteiger partial charge on any atom is 0.234 e. The lowest BCUT2D eigenvalue weighted by atomic mass is 9.98. The van der Waals surface area contributed by atoms with Crippen LogP contribution in [0.3, 0.4) is 0 Å². The molecule has 0 aromatic heterocycles. The Balaban J connectivity index is 0.00000300. The number of ether oxygens (including phenoxy) is 2. The van der Waals surface area contributed by atoms with Gasteiger partial charge in [0.25, 0.3) is 0 Å². The van der Waals surface area contributed by atoms with E-state index >= 15 is 0 Å². The lowest BCUT2D eigenvalue weighted by Crippen LogP contribution is -2.53. The van der Waals surface area contributed by atoms with Crippen molar-refractivity contribution in [2.75, 3.05) is 40.4 Å². The van der Waals surface area contributed by atoms with Crippen molar-refractivity contribution < 1.29 is 14.3 Å². The third kappa shape index (κ3) is 6.10. The van der Waals surface area contributed by atoms with E-state index in [1.807, 2.05) is 48.5 Å². The van der Waals surface area contributed by atoms with Crippen molar-refractivity contribution in [3.05, 3.63) is 59.7 Å². The van der Waals surface area contributed by atoms with Gasteiger partial charge in [0.05, 0.1) is 26.8 Å². The number of benzene rings is 2. The number of nitrogens with one attached hydrogen (secondary N) is 2. The van der Waals surface area contributed by atoms with Crippen molar-refractivity contribution >= 4 is 18.3 Å². The van der Waals surface area contributed by atoms with Gasteiger partial charge in [0.1, 0.15) is 11.5 Å². The summed E-state index contributed by atoms with van der Waals surface area (Å²) in [4.78, 5) is 15.1. The highest BCUT2D eigenvalue weighted by Gasteiger charge is 2.23. The molecule has 0 aliphatic carbocycles. The summed E-state index contributed by atoms with van der Waals surface area (Å²) in [5.41, 5.74) is 2.01. The first kappa shape index (κ1) is 23.0. The molecule has 1 fully saturated rings. The minimum absolute atomic E-state index is 0. The van der Waals surface area contributed by atoms with Crippen LogP contribution in [-0.2, 0) is 4.79 Å². The maximum absolute atomic E-state index is 12.8. The molecule has 1 aliphatic heterocycles. The van der Waals surface area contributed by atoms with Crippen LogP contribution < -0.4 is 20.1 Å². The van der Waals surface area contributed by atoms with Crippen LogP contribution in [0.15, 0.2) is 48.5 Å². The van der Waals surface area contributed by atoms with Crippen LogP contribution in [0.25, 0.3) is 0 Å². The van der Waals surface area contributed by atoms with E-state index in [0.29, 0.717) is 12.6 Å². The zero-order valence-electron chi connectivity index (χ0n) is 17.2. The largest absolute Gasteiger partial charge is 0.497 e. The fourth-order valence-electron chi connectivity index (χ4n) is 3.46. The molecule has 0 bridgehead atoms. The Bertz CT molecular complexity index is 720. The molecule has 1 heterocycles. The van der Waals surface area contributed by atoms with Crippen molar-refractivity contribution in [3.8, 4) is 11.5 Å². The summed E-state index contributed by atoms with van der Waals surface area (Å²) in [7, 11) is 3.29. The first-order valence-corrected chi connectivity index (χ1v) is 9.62. The Morgan fingerprint density at radius 2 is 1.59 bits per heavy atom. The zero-order chi connectivity index (χ0) is 19.9. The van der Waals surface area contributed by atoms with E-state index in [1.165, 1.54) is 0 Å². The average Bonchev–Trinajstić information content (AvgIpc) is 2.74. The molecule has 2 N–H and O–H groups in total. The fourth-order valence-corrected chi connectivity index (χ4v) is 3.46. The number of amides is 1. The van der Waals surface area contributed by atoms with Crippen molar-refractivity contribution in [1.82, 2.24) is 15.5 Å². The molecule has 158 valence electrons. The second-order valence-electron chi connectivity index (χ2n) is 7.07. The van der Waals surface area contributed by atoms with Crippen LogP contribution in [0.5, 0.6) is 11.5 Å². The van der Waals surface area contributed by atoms with Crippen molar-refractivity contribution in [2.24, 2.45) is 0 Å². The van der Waals surface area contributed by atoms with Gasteiger partial charge >= 0.3 is 0 Å². The molecule has 0 radical (unpaired) electrons. The van der Waals surface area contributed by atoms with Crippen molar-refractivity contribution in [3.63, 3.8) is 0 Å². The topological polar surface area (TPSA) is 62.8 Å². The number of hydrogen-bond acceptors (Lipinski definition) is 5. The highest BCUT2D eigenvalue weighted by atomic mass is 35.5. The van der Waals surface area contributed by atoms with E-state index in [0.717, 1.165) is 42.3 Å². The van der Waals surface area contributed by atoms with Crippen LogP contribution in [0, 0.1) is 0 Å². The molecule has 1 atom stereocenters. The molecule has 0 spiro atoms. The van der Waals surface area contributed by atoms with Crippen LogP contribution in [0.2, 0.25) is 0 Å². The molecule has 1 saturated heterocycles. The molecule has 1 aliphatic rings. The minimum Gasteiger partial charge on any atom is -0.497 e. The maximum atomic E-state index is 12.8. The Kier molecular flexibility index (Phi) is 8.76. The SMILES string of the molecule is COc1ccc(C(NC(=O)CN2CCNC[C@H]2C)c2ccc(OC)cc2)cc1.Cl. The van der Waals surface area contributed by atoms with E-state index in [2.05, 4.69) is 22.5 Å². The third-order valence-electron chi connectivity index (χ3n) is 5.19. The van der Waals surface area contributed by atoms with Crippen LogP contribution >= 0.6 is 12.4 Å². The molecular weight excluding hydrogens is 390 g/mol. The number of piperazine rings is 1. The van der Waals surface area contributed by atoms with E-state index in [9.17, 15) is 4.79 Å². The highest BCUT2D eigenvalue weighted by molar-refractivity contribution is 5.85. The molecule has 29 heavy (non-hydrogen) atoms. The Morgan fingerprint density at radius 3 is 2.03 bits per heavy atom. The zero-order valence-corrected chi connectivity index (χ0v) is 18.0. The number of halogens is 1. The lowest BCUT2D eigenvalue weighted by molar-refractivity contribution is -0.123. The number of rotatable bonds is 7. The summed E-state index contributed by atoms with van der Waals surface area (Å²) in [5, 5.41) is 6.56. The average molecular weight is 420 g/mol. The highest BCUT2D eigenvalue weighted by Crippen LogP contribution is 2.26. The van der Waals surface area contributed by atoms with Gasteiger partial charge in [-0.2, -0.15) is 0 Å². The molecule has 6 nitrogen and oxygen atoms in total. The van der Waals surface area contributed by atoms with E-state index in [4.69, 9.17) is 9.47 Å². The molecule has 7 heteroatoms. The van der Waals surface area contributed by atoms with Gasteiger partial charge in [-0.1, -0.05) is 24.3 Å². The first-order valence-electron chi connectivity index (χ1n) is 9.62. The lowest BCUT2D eigenvalue weighted by Gasteiger charge is -2.33. The molecule has 1 amide bonds. The first-order chi connectivity index (χ1) is 13.6. The number of carbonyl (C=O) groups is 1. The quantitative estimate of drug-likeness (QED) is 0.722. The van der Waals surface area contributed by atoms with Gasteiger partial charge in [-0.05, 0) is 42.3 Å². The second-order valence-corrected chi connectivity index (χ2v) is 7.07. The van der Waals surface area contributed by atoms with Crippen molar-refractivity contribution in [2.45, 2.75) is 19.0 Å². The van der Waals surface area contributed by atoms with Crippen LogP contribution in [0.1, 0.15) is 24.1 Å². The standard InChI is InChI=1S/C22H29N3O3.ClH/c1-16-14-23-12-13-25(16)15-21(26)24-22(17-4-8-19(27-2)9-5-17)18-6-10-20(28-3)11-7-18;/h4-11,16,22-23H,12-15H2,1-3H3,(H,24,26);1H/t16-;/m1./s1. The molecular formula is C22H30ClN3O3. The Hall–Kier alpha value is -2.28. The molecule has 0 saturated carbocycles. The number of methoxy groups -OCH3 is 2. The van der Waals surface area contributed by atoms with Gasteiger partial charge in [-0.15, -0.1) is 12.4 Å². The van der Waals surface area contributed by atoms with Gasteiger partial charge in [-0.25, -0.2) is 0 Å². The van der Waals surface area contributed by atoms with Crippen molar-refractivity contribution in [1.29, 1.82) is 0 Å². The summed E-state index contributed by atoms with van der Waals surface area (Å²) in [6.45, 7) is 5.24. The second kappa shape index (κ2) is 11.0. The summed E-state index contributed by atoms with van der Waals surface area (Å²) < 4.78 is 10.5. The summed E-state index contributed by atoms with van der Waals surface area (Å²) in [5.74, 6) is 1.60. The monoisotopic (exact) mass is 419 g/mol. The van der Waals surface area contributed by atoms with E-state index in [-0.39, 0.29) is 24.4 Å². The van der Waals surface area contributed by atoms with E-state index in [1.54, 1.807) is 14.2 Å². The molecule has 2 aromatic rings. The molecule has 2 aromatic carbocycles. The van der Waals surface area contributed by atoms with Gasteiger partial charge in [0, 0.05) is 25.7 Å². The van der Waals surface area contributed by atoms with E-state index < -0.39 is 0 Å². The fraction of sp³-hybridized carbons (Fsp3) is 0.409. The minimum atomic E-state index is -0.234. The number of hydrogen-bond donors (Lipinski definition) is 2.